The molecule has 0 aromatic heterocycles. The molecule has 1 rings (SSSR count). The Hall–Kier alpha value is -2.57. The fraction of sp³-hybridized carbons (Fsp3) is 0.471. The van der Waals surface area contributed by atoms with Crippen LogP contribution < -0.4 is 10.6 Å². The van der Waals surface area contributed by atoms with E-state index in [0.29, 0.717) is 17.9 Å². The van der Waals surface area contributed by atoms with Crippen molar-refractivity contribution in [2.24, 2.45) is 0 Å². The van der Waals surface area contributed by atoms with E-state index >= 15 is 0 Å². The van der Waals surface area contributed by atoms with Gasteiger partial charge in [-0.3, -0.25) is 4.79 Å². The van der Waals surface area contributed by atoms with Crippen molar-refractivity contribution in [3.05, 3.63) is 29.8 Å². The third kappa shape index (κ3) is 6.68. The summed E-state index contributed by atoms with van der Waals surface area (Å²) in [4.78, 5) is 35.3. The molecule has 0 saturated carbocycles. The number of anilines is 1. The van der Waals surface area contributed by atoms with Crippen LogP contribution in [0.3, 0.4) is 0 Å². The van der Waals surface area contributed by atoms with Gasteiger partial charge in [-0.15, -0.1) is 0 Å². The quantitative estimate of drug-likeness (QED) is 0.806. The minimum atomic E-state index is -0.774. The van der Waals surface area contributed by atoms with Gasteiger partial charge in [-0.2, -0.15) is 0 Å². The Labute approximate surface area is 141 Å². The fourth-order valence-electron chi connectivity index (χ4n) is 1.70. The molecule has 7 nitrogen and oxygen atoms in total. The molecule has 0 aliphatic heterocycles. The Balaban J connectivity index is 2.57. The van der Waals surface area contributed by atoms with Crippen molar-refractivity contribution < 1.29 is 23.9 Å². The lowest BCUT2D eigenvalue weighted by molar-refractivity contribution is -0.117. The van der Waals surface area contributed by atoms with Gasteiger partial charge in [-0.1, -0.05) is 0 Å². The summed E-state index contributed by atoms with van der Waals surface area (Å²) in [5, 5.41) is 5.10. The predicted molar refractivity (Wildman–Crippen MR) is 89.9 cm³/mol. The molecule has 0 spiro atoms. The summed E-state index contributed by atoms with van der Waals surface area (Å²) in [7, 11) is 0. The first-order chi connectivity index (χ1) is 11.1. The molecule has 2 N–H and O–H groups in total. The Bertz CT molecular complexity index is 590. The molecule has 0 aliphatic rings. The van der Waals surface area contributed by atoms with Crippen LogP contribution in [0.1, 0.15) is 45.0 Å². The third-order valence-corrected chi connectivity index (χ3v) is 2.79. The average Bonchev–Trinajstić information content (AvgIpc) is 2.46. The van der Waals surface area contributed by atoms with Crippen molar-refractivity contribution in [2.75, 3.05) is 11.9 Å². The van der Waals surface area contributed by atoms with Crippen molar-refractivity contribution in [3.8, 4) is 0 Å². The highest BCUT2D eigenvalue weighted by molar-refractivity contribution is 5.97. The zero-order valence-corrected chi connectivity index (χ0v) is 14.6. The third-order valence-electron chi connectivity index (χ3n) is 2.79. The topological polar surface area (TPSA) is 93.7 Å². The van der Waals surface area contributed by atoms with E-state index in [2.05, 4.69) is 10.6 Å². The Kier molecular flexibility index (Phi) is 6.76. The summed E-state index contributed by atoms with van der Waals surface area (Å²) in [6.45, 7) is 8.79. The second-order valence-corrected chi connectivity index (χ2v) is 6.15. The zero-order chi connectivity index (χ0) is 18.3. The van der Waals surface area contributed by atoms with Gasteiger partial charge in [0.1, 0.15) is 11.6 Å². The molecule has 0 heterocycles. The minimum Gasteiger partial charge on any atom is -0.462 e. The number of benzene rings is 1. The number of ether oxygens (including phenoxy) is 2. The second-order valence-electron chi connectivity index (χ2n) is 6.15. The molecule has 0 fully saturated rings. The molecule has 1 aromatic rings. The van der Waals surface area contributed by atoms with Gasteiger partial charge >= 0.3 is 12.1 Å². The normalized spacial score (nSPS) is 12.0. The highest BCUT2D eigenvalue weighted by Crippen LogP contribution is 2.11. The molecule has 0 radical (unpaired) electrons. The van der Waals surface area contributed by atoms with Crippen LogP contribution in [-0.4, -0.2) is 36.2 Å². The second kappa shape index (κ2) is 8.33. The number of esters is 1. The maximum atomic E-state index is 12.1. The van der Waals surface area contributed by atoms with Crippen molar-refractivity contribution in [3.63, 3.8) is 0 Å². The van der Waals surface area contributed by atoms with Crippen molar-refractivity contribution >= 4 is 23.7 Å². The van der Waals surface area contributed by atoms with Gasteiger partial charge in [-0.05, 0) is 58.9 Å². The molecule has 1 unspecified atom stereocenters. The van der Waals surface area contributed by atoms with E-state index in [9.17, 15) is 14.4 Å². The van der Waals surface area contributed by atoms with Gasteiger partial charge in [0.2, 0.25) is 5.91 Å². The first kappa shape index (κ1) is 19.5. The molecule has 0 saturated heterocycles. The van der Waals surface area contributed by atoms with Gasteiger partial charge < -0.3 is 20.1 Å². The van der Waals surface area contributed by atoms with E-state index in [4.69, 9.17) is 9.47 Å². The molecular formula is C17H24N2O5. The fourth-order valence-corrected chi connectivity index (χ4v) is 1.70. The molecule has 1 aromatic carbocycles. The standard InChI is InChI=1S/C17H24N2O5/c1-6-23-15(21)12-7-9-13(10-8-12)19-14(20)11(2)18-16(22)24-17(3,4)5/h7-11H,6H2,1-5H3,(H,18,22)(H,19,20). The summed E-state index contributed by atoms with van der Waals surface area (Å²) in [5.41, 5.74) is 0.268. The molecule has 2 amide bonds. The summed E-state index contributed by atoms with van der Waals surface area (Å²) in [6.07, 6.45) is -0.664. The van der Waals surface area contributed by atoms with Gasteiger partial charge in [0.25, 0.3) is 0 Å². The monoisotopic (exact) mass is 336 g/mol. The average molecular weight is 336 g/mol. The lowest BCUT2D eigenvalue weighted by atomic mass is 10.2. The SMILES string of the molecule is CCOC(=O)c1ccc(NC(=O)C(C)NC(=O)OC(C)(C)C)cc1. The van der Waals surface area contributed by atoms with Gasteiger partial charge in [0, 0.05) is 5.69 Å². The van der Waals surface area contributed by atoms with Gasteiger partial charge in [0.05, 0.1) is 12.2 Å². The number of alkyl carbamates (subject to hydrolysis) is 1. The zero-order valence-electron chi connectivity index (χ0n) is 14.6. The highest BCUT2D eigenvalue weighted by atomic mass is 16.6. The van der Waals surface area contributed by atoms with Gasteiger partial charge in [-0.25, -0.2) is 9.59 Å². The van der Waals surface area contributed by atoms with E-state index in [1.54, 1.807) is 58.9 Å². The van der Waals surface area contributed by atoms with E-state index in [0.717, 1.165) is 0 Å². The largest absolute Gasteiger partial charge is 0.462 e. The number of hydrogen-bond acceptors (Lipinski definition) is 5. The van der Waals surface area contributed by atoms with Crippen LogP contribution in [0.4, 0.5) is 10.5 Å². The van der Waals surface area contributed by atoms with Crippen LogP contribution in [-0.2, 0) is 14.3 Å². The molecule has 24 heavy (non-hydrogen) atoms. The lowest BCUT2D eigenvalue weighted by Gasteiger charge is -2.21. The summed E-state index contributed by atoms with van der Waals surface area (Å²) in [5.74, 6) is -0.819. The Morgan fingerprint density at radius 2 is 1.71 bits per heavy atom. The van der Waals surface area contributed by atoms with Crippen LogP contribution in [0.25, 0.3) is 0 Å². The molecule has 132 valence electrons. The first-order valence-electron chi connectivity index (χ1n) is 7.70. The minimum absolute atomic E-state index is 0.297. The smallest absolute Gasteiger partial charge is 0.408 e. The van der Waals surface area contributed by atoms with E-state index < -0.39 is 29.6 Å². The summed E-state index contributed by atoms with van der Waals surface area (Å²) < 4.78 is 9.98. The van der Waals surface area contributed by atoms with Crippen molar-refractivity contribution in [2.45, 2.75) is 46.3 Å². The van der Waals surface area contributed by atoms with Crippen LogP contribution in [0.15, 0.2) is 24.3 Å². The highest BCUT2D eigenvalue weighted by Gasteiger charge is 2.21. The summed E-state index contributed by atoms with van der Waals surface area (Å²) in [6, 6.07) is 5.51. The number of rotatable bonds is 5. The van der Waals surface area contributed by atoms with Crippen LogP contribution >= 0.6 is 0 Å². The molecule has 0 bridgehead atoms. The van der Waals surface area contributed by atoms with E-state index in [1.807, 2.05) is 0 Å². The Morgan fingerprint density at radius 1 is 1.12 bits per heavy atom. The van der Waals surface area contributed by atoms with Crippen LogP contribution in [0.5, 0.6) is 0 Å². The van der Waals surface area contributed by atoms with Crippen LogP contribution in [0.2, 0.25) is 0 Å². The summed E-state index contributed by atoms with van der Waals surface area (Å²) >= 11 is 0. The first-order valence-corrected chi connectivity index (χ1v) is 7.70. The molecule has 1 atom stereocenters. The molecule has 7 heteroatoms. The maximum absolute atomic E-state index is 12.1. The number of carbonyl (C=O) groups is 3. The Morgan fingerprint density at radius 3 is 2.21 bits per heavy atom. The number of hydrogen-bond donors (Lipinski definition) is 2. The maximum Gasteiger partial charge on any atom is 0.408 e. The van der Waals surface area contributed by atoms with Crippen molar-refractivity contribution in [1.29, 1.82) is 0 Å². The van der Waals surface area contributed by atoms with Crippen molar-refractivity contribution in [1.82, 2.24) is 5.32 Å². The lowest BCUT2D eigenvalue weighted by Crippen LogP contribution is -2.43. The number of carbonyl (C=O) groups excluding carboxylic acids is 3. The van der Waals surface area contributed by atoms with E-state index in [-0.39, 0.29) is 0 Å². The molecular weight excluding hydrogens is 312 g/mol. The van der Waals surface area contributed by atoms with Crippen LogP contribution in [0, 0.1) is 0 Å². The predicted octanol–water partition coefficient (Wildman–Crippen LogP) is 2.72. The number of nitrogens with one attached hydrogen (secondary N) is 2. The number of amides is 2. The van der Waals surface area contributed by atoms with Gasteiger partial charge in [0.15, 0.2) is 0 Å². The molecule has 0 aliphatic carbocycles. The van der Waals surface area contributed by atoms with E-state index in [1.165, 1.54) is 0 Å².